The Bertz CT molecular complexity index is 544. The molecule has 0 aliphatic heterocycles. The van der Waals surface area contributed by atoms with Crippen molar-refractivity contribution in [3.8, 4) is 0 Å². The largest absolute Gasteiger partial charge is 0.264 e. The molecule has 1 N–H and O–H groups in total. The number of nitrogens with one attached hydrogen (secondary N) is 1. The number of rotatable bonds is 4. The predicted octanol–water partition coefficient (Wildman–Crippen LogP) is 4.36. The highest BCUT2D eigenvalue weighted by Gasteiger charge is 2.21. The van der Waals surface area contributed by atoms with E-state index >= 15 is 0 Å². The molecule has 0 saturated carbocycles. The molecule has 1 nitrogen and oxygen atoms in total. The summed E-state index contributed by atoms with van der Waals surface area (Å²) < 4.78 is 17.6. The highest BCUT2D eigenvalue weighted by Crippen LogP contribution is 2.35. The van der Waals surface area contributed by atoms with Gasteiger partial charge in [-0.3, -0.25) is 4.72 Å². The molecule has 1 aromatic rings. The fourth-order valence-corrected chi connectivity index (χ4v) is 3.72. The molecule has 0 heterocycles. The number of hydrogen-bond donors (Lipinski definition) is 1. The third-order valence-electron chi connectivity index (χ3n) is 2.97. The molecule has 0 aromatic heterocycles. The molecule has 0 amide bonds. The number of hydrogen-bond acceptors (Lipinski definition) is 1. The second-order valence-electron chi connectivity index (χ2n) is 6.26. The maximum absolute atomic E-state index is 14.2. The Hall–Kier alpha value is -0.500. The van der Waals surface area contributed by atoms with E-state index in [-0.39, 0.29) is 21.9 Å². The van der Waals surface area contributed by atoms with Gasteiger partial charge in [0.1, 0.15) is 5.82 Å². The minimum absolute atomic E-state index is 0.161. The van der Waals surface area contributed by atoms with E-state index < -0.39 is 0 Å². The molecule has 0 spiro atoms. The Kier molecular flexibility index (Phi) is 5.71. The number of benzene rings is 1. The van der Waals surface area contributed by atoms with Gasteiger partial charge in [-0.1, -0.05) is 43.9 Å². The summed E-state index contributed by atoms with van der Waals surface area (Å²) in [6, 6.07) is 3.77. The molecule has 0 radical (unpaired) electrons. The smallest absolute Gasteiger partial charge is 0.131 e. The van der Waals surface area contributed by atoms with Crippen LogP contribution in [0, 0.1) is 11.2 Å². The van der Waals surface area contributed by atoms with E-state index in [4.69, 9.17) is 0 Å². The monoisotopic (exact) mass is 313 g/mol. The van der Waals surface area contributed by atoms with Gasteiger partial charge in [0.25, 0.3) is 0 Å². The summed E-state index contributed by atoms with van der Waals surface area (Å²) >= 11 is 0. The summed E-state index contributed by atoms with van der Waals surface area (Å²) in [6.07, 6.45) is 0. The molecule has 20 heavy (non-hydrogen) atoms. The molecule has 4 heteroatoms. The van der Waals surface area contributed by atoms with Crippen molar-refractivity contribution in [3.63, 3.8) is 0 Å². The second kappa shape index (κ2) is 6.51. The van der Waals surface area contributed by atoms with Crippen molar-refractivity contribution in [1.82, 2.24) is 4.72 Å². The van der Waals surface area contributed by atoms with Crippen LogP contribution in [0.3, 0.4) is 0 Å². The fourth-order valence-electron chi connectivity index (χ4n) is 1.77. The summed E-state index contributed by atoms with van der Waals surface area (Å²) in [4.78, 5) is 1.02. The lowest BCUT2D eigenvalue weighted by atomic mass is 9.83. The highest BCUT2D eigenvalue weighted by molar-refractivity contribution is 8.12. The van der Waals surface area contributed by atoms with Gasteiger partial charge in [-0.15, -0.1) is 9.24 Å². The topological polar surface area (TPSA) is 12.0 Å². The minimum atomic E-state index is -0.366. The minimum Gasteiger partial charge on any atom is -0.264 e. The average Bonchev–Trinajstić information content (AvgIpc) is 2.25. The van der Waals surface area contributed by atoms with Gasteiger partial charge in [-0.2, -0.15) is 0 Å². The molecule has 0 aliphatic carbocycles. The second-order valence-corrected chi connectivity index (χ2v) is 8.34. The molecule has 2 atom stereocenters. The summed E-state index contributed by atoms with van der Waals surface area (Å²) in [5.41, 5.74) is 1.24. The Morgan fingerprint density at radius 3 is 2.35 bits per heavy atom. The van der Waals surface area contributed by atoms with Crippen molar-refractivity contribution in [1.29, 1.82) is 0 Å². The van der Waals surface area contributed by atoms with Crippen LogP contribution in [0.4, 0.5) is 4.39 Å². The van der Waals surface area contributed by atoms with Gasteiger partial charge in [0.2, 0.25) is 0 Å². The van der Waals surface area contributed by atoms with E-state index in [0.717, 1.165) is 15.8 Å². The number of halogens is 1. The quantitative estimate of drug-likeness (QED) is 0.643. The van der Waals surface area contributed by atoms with Crippen LogP contribution in [0.15, 0.2) is 23.6 Å². The van der Waals surface area contributed by atoms with E-state index in [1.54, 1.807) is 6.07 Å². The average molecular weight is 313 g/mol. The van der Waals surface area contributed by atoms with Gasteiger partial charge in [0.05, 0.1) is 0 Å². The number of allylic oxidation sites excluding steroid dienone is 1. The third kappa shape index (κ3) is 4.25. The van der Waals surface area contributed by atoms with E-state index in [1.807, 2.05) is 26.8 Å². The Labute approximate surface area is 127 Å². The molecule has 0 saturated heterocycles. The Morgan fingerprint density at radius 2 is 1.90 bits per heavy atom. The van der Waals surface area contributed by atoms with Gasteiger partial charge in [-0.05, 0) is 42.3 Å². The van der Waals surface area contributed by atoms with Crippen LogP contribution in [-0.2, 0) is 0 Å². The van der Waals surface area contributed by atoms with E-state index in [9.17, 15) is 4.39 Å². The van der Waals surface area contributed by atoms with Crippen LogP contribution in [0.25, 0.3) is 5.57 Å². The molecule has 1 rings (SSSR count). The first kappa shape index (κ1) is 17.6. The lowest BCUT2D eigenvalue weighted by molar-refractivity contribution is 0.556. The van der Waals surface area contributed by atoms with Crippen LogP contribution >= 0.6 is 19.9 Å². The van der Waals surface area contributed by atoms with Gasteiger partial charge in [-0.25, -0.2) is 4.39 Å². The van der Waals surface area contributed by atoms with Crippen LogP contribution < -0.4 is 10.0 Å². The van der Waals surface area contributed by atoms with Crippen LogP contribution in [0.1, 0.15) is 40.2 Å². The van der Waals surface area contributed by atoms with Crippen LogP contribution in [0.5, 0.6) is 0 Å². The van der Waals surface area contributed by atoms with Crippen molar-refractivity contribution >= 4 is 36.7 Å². The van der Waals surface area contributed by atoms with Crippen molar-refractivity contribution in [2.75, 3.05) is 0 Å². The lowest BCUT2D eigenvalue weighted by Gasteiger charge is -2.24. The Morgan fingerprint density at radius 1 is 1.35 bits per heavy atom. The van der Waals surface area contributed by atoms with E-state index in [1.165, 1.54) is 0 Å². The molecule has 1 aromatic carbocycles. The molecular weight excluding hydrogens is 288 g/mol. The van der Waals surface area contributed by atoms with E-state index in [0.29, 0.717) is 11.6 Å². The molecule has 0 bridgehead atoms. The van der Waals surface area contributed by atoms with Crippen LogP contribution in [0.2, 0.25) is 0 Å². The van der Waals surface area contributed by atoms with Gasteiger partial charge >= 0.3 is 0 Å². The van der Waals surface area contributed by atoms with Crippen molar-refractivity contribution in [3.05, 3.63) is 30.1 Å². The molecular formula is C16H25FNPS. The van der Waals surface area contributed by atoms with Crippen molar-refractivity contribution in [2.45, 2.75) is 45.6 Å². The SMILES string of the molecule is C=C(c1cc(S(=C)NC(C)C)c(P)cc1F)C(C)(C)C. The molecule has 2 unspecified atom stereocenters. The normalized spacial score (nSPS) is 13.6. The zero-order valence-corrected chi connectivity index (χ0v) is 15.0. The lowest BCUT2D eigenvalue weighted by Crippen LogP contribution is -2.18. The van der Waals surface area contributed by atoms with Crippen molar-refractivity contribution in [2.24, 2.45) is 5.41 Å². The maximum atomic E-state index is 14.2. The van der Waals surface area contributed by atoms with Crippen molar-refractivity contribution < 1.29 is 4.39 Å². The van der Waals surface area contributed by atoms with Gasteiger partial charge in [0, 0.05) is 16.5 Å². The highest BCUT2D eigenvalue weighted by atomic mass is 32.2. The zero-order chi connectivity index (χ0) is 15.7. The molecule has 0 fully saturated rings. The van der Waals surface area contributed by atoms with E-state index in [2.05, 4.69) is 40.3 Å². The molecule has 0 aliphatic rings. The maximum Gasteiger partial charge on any atom is 0.131 e. The first-order chi connectivity index (χ1) is 9.04. The van der Waals surface area contributed by atoms with Crippen LogP contribution in [-0.4, -0.2) is 11.9 Å². The zero-order valence-electron chi connectivity index (χ0n) is 13.0. The van der Waals surface area contributed by atoms with Gasteiger partial charge in [0.15, 0.2) is 0 Å². The summed E-state index contributed by atoms with van der Waals surface area (Å²) in [6.45, 7) is 14.3. The first-order valence-electron chi connectivity index (χ1n) is 6.63. The van der Waals surface area contributed by atoms with Gasteiger partial charge < -0.3 is 0 Å². The molecule has 112 valence electrons. The summed E-state index contributed by atoms with van der Waals surface area (Å²) in [5.74, 6) is 3.93. The summed E-state index contributed by atoms with van der Waals surface area (Å²) in [7, 11) is 2.23. The Balaban J connectivity index is 3.30. The first-order valence-corrected chi connectivity index (χ1v) is 8.60. The fraction of sp³-hybridized carbons (Fsp3) is 0.438. The summed E-state index contributed by atoms with van der Waals surface area (Å²) in [5, 5.41) is 0.847. The third-order valence-corrected chi connectivity index (χ3v) is 5.30. The predicted molar refractivity (Wildman–Crippen MR) is 95.5 cm³/mol. The standard InChI is InChI=1S/C16H25FNPS/c1-10(2)18-20(7)15-8-12(11(3)16(4,5)6)13(17)9-14(15)19/h8-10,18H,3,7,19H2,1-2,4-6H3.